The second-order valence-corrected chi connectivity index (χ2v) is 9.13. The van der Waals surface area contributed by atoms with Crippen LogP contribution in [0.3, 0.4) is 0 Å². The zero-order valence-electron chi connectivity index (χ0n) is 16.5. The molecule has 0 bridgehead atoms. The molecule has 14 nitrogen and oxygen atoms in total. The largest absolute Gasteiger partial charge is 0.726 e. The highest BCUT2D eigenvalue weighted by Gasteiger charge is 2.52. The highest BCUT2D eigenvalue weighted by atomic mass is 32.3. The molecule has 0 saturated carbocycles. The zero-order chi connectivity index (χ0) is 23.5. The minimum absolute atomic E-state index is 0.433. The van der Waals surface area contributed by atoms with Gasteiger partial charge in [-0.1, -0.05) is 35.4 Å². The van der Waals surface area contributed by atoms with Crippen molar-refractivity contribution in [2.24, 2.45) is 11.0 Å². The smallest absolute Gasteiger partial charge is 0.217 e. The van der Waals surface area contributed by atoms with Gasteiger partial charge in [0.1, 0.15) is 0 Å². The Hall–Kier alpha value is -1.85. The highest BCUT2D eigenvalue weighted by Crippen LogP contribution is 2.41. The summed E-state index contributed by atoms with van der Waals surface area (Å²) in [5, 5.41) is 3.43. The number of hydrogen-bond donors (Lipinski definition) is 0. The van der Waals surface area contributed by atoms with E-state index in [1.807, 2.05) is 0 Å². The Kier molecular flexibility index (Phi) is 7.72. The fourth-order valence-corrected chi connectivity index (χ4v) is 4.59. The molecule has 0 aromatic heterocycles. The molecule has 2 aliphatic rings. The van der Waals surface area contributed by atoms with Gasteiger partial charge in [-0.2, -0.15) is 0 Å². The van der Waals surface area contributed by atoms with Crippen molar-refractivity contribution in [2.45, 2.75) is 43.7 Å². The van der Waals surface area contributed by atoms with Crippen LogP contribution in [0.4, 0.5) is 0 Å². The summed E-state index contributed by atoms with van der Waals surface area (Å²) in [6.07, 6.45) is -5.51. The molecule has 2 saturated heterocycles. The molecule has 3 rings (SSSR count). The van der Waals surface area contributed by atoms with Crippen LogP contribution < -0.4 is 0 Å². The van der Waals surface area contributed by atoms with Crippen molar-refractivity contribution in [3.05, 3.63) is 46.3 Å². The Balaban J connectivity index is 1.96. The number of rotatable bonds is 8. The first-order valence-electron chi connectivity index (χ1n) is 9.24. The monoisotopic (exact) mass is 493 g/mol. The quantitative estimate of drug-likeness (QED) is 0.160. The molecule has 32 heavy (non-hydrogen) atoms. The van der Waals surface area contributed by atoms with Gasteiger partial charge in [-0.3, -0.25) is 8.37 Å². The van der Waals surface area contributed by atoms with Crippen molar-refractivity contribution in [1.29, 1.82) is 0 Å². The number of benzene rings is 1. The Morgan fingerprint density at radius 1 is 1.16 bits per heavy atom. The molecule has 0 radical (unpaired) electrons. The molecule has 0 spiro atoms. The van der Waals surface area contributed by atoms with Crippen molar-refractivity contribution < 1.29 is 48.5 Å². The molecule has 5 unspecified atom stereocenters. The van der Waals surface area contributed by atoms with E-state index in [0.717, 1.165) is 0 Å². The number of azide groups is 1. The zero-order valence-corrected chi connectivity index (χ0v) is 18.1. The van der Waals surface area contributed by atoms with Gasteiger partial charge in [-0.05, 0) is 12.5 Å². The van der Waals surface area contributed by atoms with E-state index in [4.69, 9.17) is 19.7 Å². The van der Waals surface area contributed by atoms with Gasteiger partial charge in [0.05, 0.1) is 43.7 Å². The molecule has 1 aromatic carbocycles. The normalized spacial score (nSPS) is 33.5. The van der Waals surface area contributed by atoms with Crippen LogP contribution >= 0.6 is 0 Å². The molecule has 1 aromatic rings. The van der Waals surface area contributed by atoms with E-state index in [2.05, 4.69) is 18.4 Å². The van der Waals surface area contributed by atoms with Gasteiger partial charge < -0.3 is 23.3 Å². The van der Waals surface area contributed by atoms with Gasteiger partial charge in [-0.25, -0.2) is 16.8 Å². The molecule has 2 heterocycles. The maximum absolute atomic E-state index is 11.4. The van der Waals surface area contributed by atoms with Crippen LogP contribution in [-0.2, 0) is 43.4 Å². The molecule has 0 aliphatic carbocycles. The van der Waals surface area contributed by atoms with Gasteiger partial charge in [0, 0.05) is 16.4 Å². The van der Waals surface area contributed by atoms with Crippen LogP contribution in [0.1, 0.15) is 18.8 Å². The fourth-order valence-electron chi connectivity index (χ4n) is 3.76. The minimum Gasteiger partial charge on any atom is -0.726 e. The van der Waals surface area contributed by atoms with Crippen LogP contribution in [0.15, 0.2) is 35.4 Å². The van der Waals surface area contributed by atoms with E-state index in [0.29, 0.717) is 5.56 Å². The molecule has 16 heteroatoms. The SMILES string of the molecule is CC1OC(c2ccccc2)OC1[C@@H]1C(COS(=O)(=O)[O-])OCC(N=[N+]=[N-])[C@@H]1OS(=O)(=O)[O-]. The van der Waals surface area contributed by atoms with Crippen molar-refractivity contribution in [3.63, 3.8) is 0 Å². The first kappa shape index (κ1) is 24.8. The summed E-state index contributed by atoms with van der Waals surface area (Å²) in [6, 6.07) is 7.43. The summed E-state index contributed by atoms with van der Waals surface area (Å²) < 4.78 is 93.2. The van der Waals surface area contributed by atoms with Gasteiger partial charge in [0.15, 0.2) is 6.29 Å². The summed E-state index contributed by atoms with van der Waals surface area (Å²) in [4.78, 5) is 2.61. The van der Waals surface area contributed by atoms with E-state index in [9.17, 15) is 25.9 Å². The van der Waals surface area contributed by atoms with Crippen LogP contribution in [0.25, 0.3) is 10.4 Å². The molecular formula is C16H19N3O11S2-2. The number of nitrogens with zero attached hydrogens (tertiary/aromatic N) is 3. The second kappa shape index (κ2) is 9.96. The average molecular weight is 493 g/mol. The second-order valence-electron chi connectivity index (χ2n) is 7.07. The highest BCUT2D eigenvalue weighted by molar-refractivity contribution is 7.81. The van der Waals surface area contributed by atoms with Gasteiger partial charge in [0.25, 0.3) is 0 Å². The van der Waals surface area contributed by atoms with Crippen molar-refractivity contribution in [1.82, 2.24) is 0 Å². The maximum Gasteiger partial charge on any atom is 0.217 e. The van der Waals surface area contributed by atoms with Crippen molar-refractivity contribution in [2.75, 3.05) is 13.2 Å². The third-order valence-electron chi connectivity index (χ3n) is 5.01. The van der Waals surface area contributed by atoms with Crippen LogP contribution in [-0.4, -0.2) is 69.6 Å². The van der Waals surface area contributed by atoms with E-state index < -0.39 is 76.7 Å². The Morgan fingerprint density at radius 2 is 1.84 bits per heavy atom. The lowest BCUT2D eigenvalue weighted by atomic mass is 9.82. The van der Waals surface area contributed by atoms with E-state index >= 15 is 0 Å². The molecule has 2 fully saturated rings. The van der Waals surface area contributed by atoms with Gasteiger partial charge >= 0.3 is 0 Å². The minimum atomic E-state index is -5.29. The van der Waals surface area contributed by atoms with Crippen LogP contribution in [0.5, 0.6) is 0 Å². The van der Waals surface area contributed by atoms with Gasteiger partial charge in [-0.15, -0.1) is 0 Å². The topological polar surface area (TPSA) is 209 Å². The molecule has 178 valence electrons. The van der Waals surface area contributed by atoms with Crippen LogP contribution in [0, 0.1) is 5.92 Å². The average Bonchev–Trinajstić information content (AvgIpc) is 3.08. The number of ether oxygens (including phenoxy) is 3. The number of hydrogen-bond acceptors (Lipinski definition) is 12. The lowest BCUT2D eigenvalue weighted by Crippen LogP contribution is -2.57. The van der Waals surface area contributed by atoms with E-state index in [-0.39, 0.29) is 0 Å². The standard InChI is InChI=1S/C16H21N3O11S2/c1-9-14(29-16(28-9)10-5-3-2-4-6-10)13-12(8-27-31(20,21)22)26-7-11(18-19-17)15(13)30-32(23,24)25/h2-6,9,11-16H,7-8H2,1H3,(H,20,21,22)(H,23,24,25)/p-2/t9?,11?,12?,13-,14?,15-,16?/m0/s1. The van der Waals surface area contributed by atoms with E-state index in [1.54, 1.807) is 37.3 Å². The maximum atomic E-state index is 11.4. The van der Waals surface area contributed by atoms with Crippen molar-refractivity contribution in [3.8, 4) is 0 Å². The summed E-state index contributed by atoms with van der Waals surface area (Å²) in [6.45, 7) is 0.342. The van der Waals surface area contributed by atoms with E-state index in [1.165, 1.54) is 0 Å². The third kappa shape index (κ3) is 6.35. The molecule has 0 N–H and O–H groups in total. The predicted octanol–water partition coefficient (Wildman–Crippen LogP) is 0.505. The lowest BCUT2D eigenvalue weighted by molar-refractivity contribution is -0.156. The molecule has 0 amide bonds. The third-order valence-corrected chi connectivity index (χ3v) is 5.89. The fraction of sp³-hybridized carbons (Fsp3) is 0.625. The Bertz CT molecular complexity index is 1050. The summed E-state index contributed by atoms with van der Waals surface area (Å²) in [7, 11) is -10.4. The molecule has 7 atom stereocenters. The summed E-state index contributed by atoms with van der Waals surface area (Å²) in [5.41, 5.74) is 9.46. The predicted molar refractivity (Wildman–Crippen MR) is 101 cm³/mol. The lowest BCUT2D eigenvalue weighted by Gasteiger charge is -2.43. The van der Waals surface area contributed by atoms with Gasteiger partial charge in [0.2, 0.25) is 20.8 Å². The Labute approximate surface area is 183 Å². The molecule has 2 aliphatic heterocycles. The van der Waals surface area contributed by atoms with Crippen LogP contribution in [0.2, 0.25) is 0 Å². The first-order chi connectivity index (χ1) is 15.0. The van der Waals surface area contributed by atoms with Crippen molar-refractivity contribution >= 4 is 20.8 Å². The summed E-state index contributed by atoms with van der Waals surface area (Å²) >= 11 is 0. The summed E-state index contributed by atoms with van der Waals surface area (Å²) in [5.74, 6) is -1.23. The molecular weight excluding hydrogens is 474 g/mol. The first-order valence-corrected chi connectivity index (χ1v) is 11.9. The Morgan fingerprint density at radius 3 is 2.44 bits per heavy atom.